The normalized spacial score (nSPS) is 10.4. The average molecular weight is 285 g/mol. The minimum absolute atomic E-state index is 0.339. The Bertz CT molecular complexity index is 524. The Morgan fingerprint density at radius 3 is 2.88 bits per heavy atom. The first-order valence-corrected chi connectivity index (χ1v) is 5.37. The fourth-order valence-corrected chi connectivity index (χ4v) is 1.63. The van der Waals surface area contributed by atoms with E-state index in [-0.39, 0.29) is 5.82 Å². The maximum atomic E-state index is 13.1. The number of aryl methyl sites for hydroxylation is 1. The van der Waals surface area contributed by atoms with Gasteiger partial charge in [0.2, 0.25) is 0 Å². The topological polar surface area (TPSA) is 55.9 Å². The Hall–Kier alpha value is -1.56. The smallest absolute Gasteiger partial charge is 0.152 e. The summed E-state index contributed by atoms with van der Waals surface area (Å²) in [7, 11) is 1.81. The first kappa shape index (κ1) is 10.9. The van der Waals surface area contributed by atoms with Crippen molar-refractivity contribution >= 4 is 33.1 Å². The molecule has 3 N–H and O–H groups in total. The Kier molecular flexibility index (Phi) is 2.82. The second kappa shape index (κ2) is 4.13. The summed E-state index contributed by atoms with van der Waals surface area (Å²) in [6.07, 6.45) is 1.80. The van der Waals surface area contributed by atoms with Gasteiger partial charge in [0.15, 0.2) is 5.82 Å². The number of rotatable bonds is 2. The molecule has 0 aliphatic heterocycles. The molecule has 0 amide bonds. The molecular formula is C10H10BrFN4. The SMILES string of the molecule is Cn1ccc(Nc2cc(Br)c(F)cc2N)n1. The van der Waals surface area contributed by atoms with Gasteiger partial charge in [0.25, 0.3) is 0 Å². The number of nitrogens with one attached hydrogen (secondary N) is 1. The van der Waals surface area contributed by atoms with Crippen molar-refractivity contribution < 1.29 is 4.39 Å². The molecule has 4 nitrogen and oxygen atoms in total. The van der Waals surface area contributed by atoms with Crippen LogP contribution < -0.4 is 11.1 Å². The highest BCUT2D eigenvalue weighted by Gasteiger charge is 2.07. The number of hydrogen-bond donors (Lipinski definition) is 2. The van der Waals surface area contributed by atoms with Gasteiger partial charge in [-0.2, -0.15) is 5.10 Å². The summed E-state index contributed by atoms with van der Waals surface area (Å²) >= 11 is 3.10. The van der Waals surface area contributed by atoms with Crippen LogP contribution in [0.25, 0.3) is 0 Å². The quantitative estimate of drug-likeness (QED) is 0.834. The summed E-state index contributed by atoms with van der Waals surface area (Å²) in [5.74, 6) is 0.275. The Balaban J connectivity index is 2.31. The van der Waals surface area contributed by atoms with Crippen molar-refractivity contribution in [3.8, 4) is 0 Å². The van der Waals surface area contributed by atoms with Crippen LogP contribution >= 0.6 is 15.9 Å². The lowest BCUT2D eigenvalue weighted by atomic mass is 10.2. The van der Waals surface area contributed by atoms with E-state index in [0.29, 0.717) is 21.7 Å². The fourth-order valence-electron chi connectivity index (χ4n) is 1.29. The number of benzene rings is 1. The first-order chi connectivity index (χ1) is 7.56. The maximum absolute atomic E-state index is 13.1. The van der Waals surface area contributed by atoms with Gasteiger partial charge in [0, 0.05) is 25.4 Å². The van der Waals surface area contributed by atoms with Crippen molar-refractivity contribution in [2.24, 2.45) is 7.05 Å². The number of nitrogens with two attached hydrogens (primary N) is 1. The van der Waals surface area contributed by atoms with Crippen molar-refractivity contribution in [2.75, 3.05) is 11.1 Å². The molecular weight excluding hydrogens is 275 g/mol. The van der Waals surface area contributed by atoms with Crippen LogP contribution in [-0.4, -0.2) is 9.78 Å². The highest BCUT2D eigenvalue weighted by molar-refractivity contribution is 9.10. The molecule has 84 valence electrons. The Morgan fingerprint density at radius 2 is 2.25 bits per heavy atom. The van der Waals surface area contributed by atoms with E-state index in [2.05, 4.69) is 26.3 Å². The fraction of sp³-hybridized carbons (Fsp3) is 0.100. The molecule has 0 unspecified atom stereocenters. The molecule has 0 radical (unpaired) electrons. The zero-order valence-corrected chi connectivity index (χ0v) is 10.1. The van der Waals surface area contributed by atoms with E-state index in [0.717, 1.165) is 0 Å². The van der Waals surface area contributed by atoms with Crippen LogP contribution in [0.2, 0.25) is 0 Å². The average Bonchev–Trinajstić information content (AvgIpc) is 2.60. The number of anilines is 3. The Labute approximate surface area is 100 Å². The maximum Gasteiger partial charge on any atom is 0.152 e. The van der Waals surface area contributed by atoms with Gasteiger partial charge in [-0.05, 0) is 22.0 Å². The molecule has 1 heterocycles. The number of halogens is 2. The molecule has 0 saturated carbocycles. The predicted octanol–water partition coefficient (Wildman–Crippen LogP) is 2.65. The molecule has 0 aliphatic carbocycles. The molecule has 0 atom stereocenters. The van der Waals surface area contributed by atoms with Crippen molar-refractivity contribution in [1.29, 1.82) is 0 Å². The lowest BCUT2D eigenvalue weighted by Crippen LogP contribution is -1.99. The van der Waals surface area contributed by atoms with Crippen LogP contribution in [0.3, 0.4) is 0 Å². The highest BCUT2D eigenvalue weighted by Crippen LogP contribution is 2.28. The van der Waals surface area contributed by atoms with E-state index in [1.165, 1.54) is 6.07 Å². The van der Waals surface area contributed by atoms with E-state index in [9.17, 15) is 4.39 Å². The van der Waals surface area contributed by atoms with Crippen LogP contribution in [0.1, 0.15) is 0 Å². The number of hydrogen-bond acceptors (Lipinski definition) is 3. The van der Waals surface area contributed by atoms with Gasteiger partial charge >= 0.3 is 0 Å². The third kappa shape index (κ3) is 2.16. The largest absolute Gasteiger partial charge is 0.397 e. The summed E-state index contributed by atoms with van der Waals surface area (Å²) in [5.41, 5.74) is 6.64. The van der Waals surface area contributed by atoms with Crippen LogP contribution in [0, 0.1) is 5.82 Å². The lowest BCUT2D eigenvalue weighted by molar-refractivity contribution is 0.622. The molecule has 0 bridgehead atoms. The molecule has 0 aliphatic rings. The van der Waals surface area contributed by atoms with Gasteiger partial charge in [0.1, 0.15) is 5.82 Å². The summed E-state index contributed by atoms with van der Waals surface area (Å²) in [6.45, 7) is 0. The van der Waals surface area contributed by atoms with E-state index in [4.69, 9.17) is 5.73 Å². The van der Waals surface area contributed by atoms with E-state index < -0.39 is 0 Å². The van der Waals surface area contributed by atoms with Crippen LogP contribution in [0.5, 0.6) is 0 Å². The zero-order chi connectivity index (χ0) is 11.7. The zero-order valence-electron chi connectivity index (χ0n) is 8.54. The van der Waals surface area contributed by atoms with E-state index >= 15 is 0 Å². The van der Waals surface area contributed by atoms with Gasteiger partial charge in [-0.1, -0.05) is 0 Å². The van der Waals surface area contributed by atoms with Crippen molar-refractivity contribution in [3.05, 3.63) is 34.7 Å². The molecule has 1 aromatic heterocycles. The van der Waals surface area contributed by atoms with Gasteiger partial charge in [-0.3, -0.25) is 4.68 Å². The van der Waals surface area contributed by atoms with Gasteiger partial charge in [0.05, 0.1) is 15.8 Å². The van der Waals surface area contributed by atoms with Crippen LogP contribution in [-0.2, 0) is 7.05 Å². The second-order valence-electron chi connectivity index (χ2n) is 3.35. The molecule has 6 heteroatoms. The summed E-state index contributed by atoms with van der Waals surface area (Å²) in [4.78, 5) is 0. The monoisotopic (exact) mass is 284 g/mol. The van der Waals surface area contributed by atoms with Gasteiger partial charge in [-0.15, -0.1) is 0 Å². The molecule has 2 aromatic rings. The van der Waals surface area contributed by atoms with Crippen molar-refractivity contribution in [3.63, 3.8) is 0 Å². The van der Waals surface area contributed by atoms with E-state index in [1.807, 2.05) is 7.05 Å². The standard InChI is InChI=1S/C10H10BrFN4/c1-16-3-2-10(15-16)14-9-4-6(11)7(12)5-8(9)13/h2-5H,13H2,1H3,(H,14,15). The third-order valence-electron chi connectivity index (χ3n) is 2.07. The molecule has 16 heavy (non-hydrogen) atoms. The summed E-state index contributed by atoms with van der Waals surface area (Å²) < 4.78 is 15.2. The predicted molar refractivity (Wildman–Crippen MR) is 65.0 cm³/mol. The van der Waals surface area contributed by atoms with Gasteiger partial charge in [-0.25, -0.2) is 4.39 Å². The second-order valence-corrected chi connectivity index (χ2v) is 4.21. The van der Waals surface area contributed by atoms with E-state index in [1.54, 1.807) is 23.0 Å². The third-order valence-corrected chi connectivity index (χ3v) is 2.68. The minimum atomic E-state index is -0.385. The summed E-state index contributed by atoms with van der Waals surface area (Å²) in [5, 5.41) is 7.15. The number of aromatic nitrogens is 2. The van der Waals surface area contributed by atoms with Gasteiger partial charge < -0.3 is 11.1 Å². The summed E-state index contributed by atoms with van der Waals surface area (Å²) in [6, 6.07) is 4.64. The van der Waals surface area contributed by atoms with Crippen molar-refractivity contribution in [1.82, 2.24) is 9.78 Å². The van der Waals surface area contributed by atoms with Crippen LogP contribution in [0.15, 0.2) is 28.9 Å². The van der Waals surface area contributed by atoms with Crippen LogP contribution in [0.4, 0.5) is 21.6 Å². The minimum Gasteiger partial charge on any atom is -0.397 e. The molecule has 1 aromatic carbocycles. The molecule has 0 fully saturated rings. The van der Waals surface area contributed by atoms with Crippen molar-refractivity contribution in [2.45, 2.75) is 0 Å². The first-order valence-electron chi connectivity index (χ1n) is 4.57. The molecule has 2 rings (SSSR count). The number of nitrogen functional groups attached to an aromatic ring is 1. The number of nitrogens with zero attached hydrogens (tertiary/aromatic N) is 2. The molecule has 0 spiro atoms. The lowest BCUT2D eigenvalue weighted by Gasteiger charge is -2.07. The highest BCUT2D eigenvalue weighted by atomic mass is 79.9. The molecule has 0 saturated heterocycles. The Morgan fingerprint density at radius 1 is 1.50 bits per heavy atom.